The Kier molecular flexibility index (Phi) is 9.78. The van der Waals surface area contributed by atoms with E-state index >= 15 is 0 Å². The first-order valence-electron chi connectivity index (χ1n) is 15.4. The average molecular weight is 598 g/mol. The normalized spacial score (nSPS) is 14.2. The first-order chi connectivity index (χ1) is 21.3. The minimum absolute atomic E-state index is 0.0585. The van der Waals surface area contributed by atoms with Crippen LogP contribution in [0.1, 0.15) is 66.8 Å². The van der Waals surface area contributed by atoms with Crippen LogP contribution >= 0.6 is 0 Å². The number of H-pyrrole nitrogens is 1. The predicted molar refractivity (Wildman–Crippen MR) is 174 cm³/mol. The molecule has 1 fully saturated rings. The van der Waals surface area contributed by atoms with E-state index in [2.05, 4.69) is 22.4 Å². The quantitative estimate of drug-likeness (QED) is 0.195. The fourth-order valence-electron chi connectivity index (χ4n) is 6.43. The molecule has 0 unspecified atom stereocenters. The van der Waals surface area contributed by atoms with Crippen molar-refractivity contribution in [2.24, 2.45) is 0 Å². The van der Waals surface area contributed by atoms with Gasteiger partial charge in [0.05, 0.1) is 21.3 Å². The van der Waals surface area contributed by atoms with Crippen LogP contribution in [0.4, 0.5) is 5.69 Å². The first kappa shape index (κ1) is 31.0. The molecule has 0 saturated heterocycles. The van der Waals surface area contributed by atoms with E-state index in [-0.39, 0.29) is 24.3 Å². The van der Waals surface area contributed by atoms with E-state index in [4.69, 9.17) is 14.2 Å². The SMILES string of the molecule is COc1cc([C@H](C(=O)NC2CCCCC2)N(C(=O)CCc2c[nH]c3ccccc23)c2cc(C)cc(C)c2)cc(OC)c1OC. The summed E-state index contributed by atoms with van der Waals surface area (Å²) in [5, 5.41) is 4.39. The molecule has 0 radical (unpaired) electrons. The van der Waals surface area contributed by atoms with E-state index in [1.54, 1.807) is 38.4 Å². The molecule has 8 nitrogen and oxygen atoms in total. The lowest BCUT2D eigenvalue weighted by molar-refractivity contribution is -0.127. The van der Waals surface area contributed by atoms with Crippen LogP contribution in [-0.2, 0) is 16.0 Å². The molecule has 2 amide bonds. The number of hydrogen-bond acceptors (Lipinski definition) is 5. The lowest BCUT2D eigenvalue weighted by atomic mass is 9.94. The number of benzene rings is 3. The summed E-state index contributed by atoms with van der Waals surface area (Å²) in [6.07, 6.45) is 7.87. The molecule has 4 aromatic rings. The van der Waals surface area contributed by atoms with E-state index in [0.717, 1.165) is 53.3 Å². The summed E-state index contributed by atoms with van der Waals surface area (Å²) in [6, 6.07) is 16.7. The van der Waals surface area contributed by atoms with Gasteiger partial charge in [-0.15, -0.1) is 0 Å². The van der Waals surface area contributed by atoms with Crippen molar-refractivity contribution in [3.05, 3.63) is 83.0 Å². The summed E-state index contributed by atoms with van der Waals surface area (Å²) in [4.78, 5) is 33.9. The number of fused-ring (bicyclic) bond motifs is 1. The highest BCUT2D eigenvalue weighted by Crippen LogP contribution is 2.42. The topological polar surface area (TPSA) is 92.9 Å². The van der Waals surface area contributed by atoms with Crippen molar-refractivity contribution in [3.63, 3.8) is 0 Å². The third-order valence-electron chi connectivity index (χ3n) is 8.50. The Morgan fingerprint density at radius 1 is 0.909 bits per heavy atom. The number of para-hydroxylation sites is 1. The minimum Gasteiger partial charge on any atom is -0.493 e. The van der Waals surface area contributed by atoms with Crippen molar-refractivity contribution in [2.75, 3.05) is 26.2 Å². The van der Waals surface area contributed by atoms with Gasteiger partial charge in [0.15, 0.2) is 11.5 Å². The van der Waals surface area contributed by atoms with Gasteiger partial charge >= 0.3 is 0 Å². The molecule has 8 heteroatoms. The maximum absolute atomic E-state index is 14.5. The minimum atomic E-state index is -0.970. The Labute approximate surface area is 259 Å². The number of aryl methyl sites for hydroxylation is 3. The molecule has 1 heterocycles. The second-order valence-electron chi connectivity index (χ2n) is 11.7. The lowest BCUT2D eigenvalue weighted by Gasteiger charge is -2.34. The van der Waals surface area contributed by atoms with Crippen molar-refractivity contribution in [1.29, 1.82) is 0 Å². The lowest BCUT2D eigenvalue weighted by Crippen LogP contribution is -2.47. The Bertz CT molecular complexity index is 1580. The van der Waals surface area contributed by atoms with Gasteiger partial charge in [0.1, 0.15) is 6.04 Å². The van der Waals surface area contributed by atoms with E-state index in [9.17, 15) is 9.59 Å². The number of ether oxygens (including phenoxy) is 3. The van der Waals surface area contributed by atoms with Crippen molar-refractivity contribution in [2.45, 2.75) is 70.9 Å². The van der Waals surface area contributed by atoms with Crippen LogP contribution < -0.4 is 24.4 Å². The van der Waals surface area contributed by atoms with Gasteiger partial charge < -0.3 is 24.5 Å². The van der Waals surface area contributed by atoms with Crippen molar-refractivity contribution in [3.8, 4) is 17.2 Å². The number of carbonyl (C=O) groups excluding carboxylic acids is 2. The molecule has 3 aromatic carbocycles. The van der Waals surface area contributed by atoms with Gasteiger partial charge in [-0.2, -0.15) is 0 Å². The van der Waals surface area contributed by atoms with Crippen LogP contribution in [0.3, 0.4) is 0 Å². The van der Waals surface area contributed by atoms with Gasteiger partial charge in [-0.3, -0.25) is 14.5 Å². The number of methoxy groups -OCH3 is 3. The molecule has 0 aliphatic heterocycles. The molecular weight excluding hydrogens is 554 g/mol. The van der Waals surface area contributed by atoms with Gasteiger partial charge in [0, 0.05) is 35.2 Å². The summed E-state index contributed by atoms with van der Waals surface area (Å²) in [7, 11) is 4.64. The number of anilines is 1. The van der Waals surface area contributed by atoms with Crippen LogP contribution in [0.2, 0.25) is 0 Å². The molecule has 1 saturated carbocycles. The molecule has 2 N–H and O–H groups in total. The summed E-state index contributed by atoms with van der Waals surface area (Å²) in [5.74, 6) is 0.880. The fourth-order valence-corrected chi connectivity index (χ4v) is 6.43. The third kappa shape index (κ3) is 6.69. The molecule has 1 aliphatic carbocycles. The molecule has 0 spiro atoms. The van der Waals surface area contributed by atoms with E-state index < -0.39 is 6.04 Å². The van der Waals surface area contributed by atoms with Crippen molar-refractivity contribution >= 4 is 28.4 Å². The smallest absolute Gasteiger partial charge is 0.248 e. The highest BCUT2D eigenvalue weighted by atomic mass is 16.5. The van der Waals surface area contributed by atoms with Crippen LogP contribution in [0.5, 0.6) is 17.2 Å². The van der Waals surface area contributed by atoms with Gasteiger partial charge in [0.2, 0.25) is 17.6 Å². The first-order valence-corrected chi connectivity index (χ1v) is 15.4. The third-order valence-corrected chi connectivity index (χ3v) is 8.50. The molecule has 1 aliphatic rings. The number of nitrogens with zero attached hydrogens (tertiary/aromatic N) is 1. The summed E-state index contributed by atoms with van der Waals surface area (Å²) in [6.45, 7) is 4.00. The zero-order valence-electron chi connectivity index (χ0n) is 26.4. The predicted octanol–water partition coefficient (Wildman–Crippen LogP) is 6.97. The Morgan fingerprint density at radius 3 is 2.20 bits per heavy atom. The van der Waals surface area contributed by atoms with Gasteiger partial charge in [-0.05, 0) is 85.7 Å². The van der Waals surface area contributed by atoms with Gasteiger partial charge in [-0.1, -0.05) is 43.5 Å². The number of nitrogens with one attached hydrogen (secondary N) is 2. The molecule has 44 heavy (non-hydrogen) atoms. The largest absolute Gasteiger partial charge is 0.493 e. The van der Waals surface area contributed by atoms with E-state index in [0.29, 0.717) is 34.9 Å². The summed E-state index contributed by atoms with van der Waals surface area (Å²) >= 11 is 0. The second kappa shape index (κ2) is 13.9. The number of rotatable bonds is 11. The maximum Gasteiger partial charge on any atom is 0.248 e. The zero-order chi connectivity index (χ0) is 31.2. The highest BCUT2D eigenvalue weighted by molar-refractivity contribution is 6.02. The average Bonchev–Trinajstić information content (AvgIpc) is 3.44. The van der Waals surface area contributed by atoms with E-state index in [1.807, 2.05) is 50.4 Å². The van der Waals surface area contributed by atoms with Gasteiger partial charge in [-0.25, -0.2) is 0 Å². The summed E-state index contributed by atoms with van der Waals surface area (Å²) in [5.41, 5.74) is 5.35. The number of carbonyl (C=O) groups is 2. The van der Waals surface area contributed by atoms with Crippen LogP contribution in [0, 0.1) is 13.8 Å². The van der Waals surface area contributed by atoms with Crippen LogP contribution in [0.15, 0.2) is 60.8 Å². The maximum atomic E-state index is 14.5. The molecule has 232 valence electrons. The van der Waals surface area contributed by atoms with Crippen LogP contribution in [0.25, 0.3) is 10.9 Å². The number of aromatic nitrogens is 1. The van der Waals surface area contributed by atoms with Gasteiger partial charge in [0.25, 0.3) is 0 Å². The second-order valence-corrected chi connectivity index (χ2v) is 11.7. The Hall–Kier alpha value is -4.46. The Morgan fingerprint density at radius 2 is 1.57 bits per heavy atom. The molecular formula is C36H43N3O5. The Balaban J connectivity index is 1.61. The molecule has 5 rings (SSSR count). The highest BCUT2D eigenvalue weighted by Gasteiger charge is 2.35. The molecule has 1 atom stereocenters. The molecule has 0 bridgehead atoms. The molecule has 1 aromatic heterocycles. The zero-order valence-corrected chi connectivity index (χ0v) is 26.4. The van der Waals surface area contributed by atoms with Crippen LogP contribution in [-0.4, -0.2) is 44.2 Å². The number of aromatic amines is 1. The number of hydrogen-bond donors (Lipinski definition) is 2. The summed E-state index contributed by atoms with van der Waals surface area (Å²) < 4.78 is 16.9. The number of amides is 2. The monoisotopic (exact) mass is 597 g/mol. The fraction of sp³-hybridized carbons (Fsp3) is 0.389. The van der Waals surface area contributed by atoms with Crippen molar-refractivity contribution in [1.82, 2.24) is 10.3 Å². The van der Waals surface area contributed by atoms with Crippen molar-refractivity contribution < 1.29 is 23.8 Å². The van der Waals surface area contributed by atoms with E-state index in [1.165, 1.54) is 6.42 Å². The standard InChI is InChI=1S/C36H43N3O5/c1-23-17-24(2)19-28(18-23)39(33(40)16-15-25-22-37-30-14-10-9-13-29(25)30)34(36(41)38-27-11-7-6-8-12-27)26-20-31(42-3)35(44-5)32(21-26)43-4/h9-10,13-14,17-22,27,34,37H,6-8,11-12,15-16H2,1-5H3,(H,38,41)/t34-/m1/s1.